The number of aromatic nitrogens is 4. The molecule has 2 aromatic heterocycles. The maximum absolute atomic E-state index is 9.87. The van der Waals surface area contributed by atoms with E-state index >= 15 is 0 Å². The fourth-order valence-corrected chi connectivity index (χ4v) is 2.08. The number of hydrogen-bond acceptors (Lipinski definition) is 5. The summed E-state index contributed by atoms with van der Waals surface area (Å²) in [5.41, 5.74) is 1.71. The molecule has 0 saturated carbocycles. The Morgan fingerprint density at radius 1 is 1.60 bits per heavy atom. The van der Waals surface area contributed by atoms with E-state index in [0.29, 0.717) is 6.42 Å². The number of aliphatic hydroxyl groups is 1. The average Bonchev–Trinajstić information content (AvgIpc) is 2.75. The van der Waals surface area contributed by atoms with Gasteiger partial charge >= 0.3 is 0 Å². The Morgan fingerprint density at radius 2 is 2.40 bits per heavy atom. The highest BCUT2D eigenvalue weighted by molar-refractivity contribution is 7.09. The van der Waals surface area contributed by atoms with Crippen molar-refractivity contribution in [2.45, 2.75) is 19.4 Å². The smallest absolute Gasteiger partial charge is 0.122 e. The molecule has 0 bridgehead atoms. The molecule has 6 heteroatoms. The molecule has 80 valence electrons. The van der Waals surface area contributed by atoms with Crippen molar-refractivity contribution in [1.29, 1.82) is 0 Å². The number of rotatable bonds is 3. The third-order valence-corrected chi connectivity index (χ3v) is 3.04. The highest BCUT2D eigenvalue weighted by atomic mass is 32.1. The molecule has 2 rings (SSSR count). The first-order valence-corrected chi connectivity index (χ1v) is 5.48. The normalized spacial score (nSPS) is 13.0. The van der Waals surface area contributed by atoms with Crippen molar-refractivity contribution in [3.63, 3.8) is 0 Å². The van der Waals surface area contributed by atoms with E-state index in [9.17, 15) is 5.11 Å². The summed E-state index contributed by atoms with van der Waals surface area (Å²) in [5.74, 6) is 0. The lowest BCUT2D eigenvalue weighted by molar-refractivity contribution is 0.176. The Labute approximate surface area is 91.4 Å². The quantitative estimate of drug-likeness (QED) is 0.839. The highest BCUT2D eigenvalue weighted by Crippen LogP contribution is 2.20. The maximum atomic E-state index is 9.87. The van der Waals surface area contributed by atoms with Gasteiger partial charge in [-0.25, -0.2) is 4.98 Å². The Balaban J connectivity index is 2.06. The number of aliphatic hydroxyl groups excluding tert-OH is 1. The van der Waals surface area contributed by atoms with Crippen molar-refractivity contribution in [3.05, 3.63) is 28.0 Å². The summed E-state index contributed by atoms with van der Waals surface area (Å²) in [5, 5.41) is 20.3. The molecule has 1 unspecified atom stereocenters. The predicted octanol–water partition coefficient (Wildman–Crippen LogP) is 0.856. The van der Waals surface area contributed by atoms with Crippen molar-refractivity contribution in [2.75, 3.05) is 0 Å². The molecule has 0 aromatic carbocycles. The summed E-state index contributed by atoms with van der Waals surface area (Å²) in [6.07, 6.45) is 1.67. The van der Waals surface area contributed by atoms with Crippen LogP contribution in [-0.2, 0) is 13.5 Å². The molecular formula is C9H12N4OS. The zero-order chi connectivity index (χ0) is 10.8. The van der Waals surface area contributed by atoms with Gasteiger partial charge in [-0.05, 0) is 6.92 Å². The summed E-state index contributed by atoms with van der Waals surface area (Å²) >= 11 is 1.47. The van der Waals surface area contributed by atoms with Gasteiger partial charge in [0, 0.05) is 30.7 Å². The molecule has 2 heterocycles. The van der Waals surface area contributed by atoms with E-state index in [0.717, 1.165) is 16.4 Å². The van der Waals surface area contributed by atoms with Gasteiger partial charge in [0.2, 0.25) is 0 Å². The molecule has 1 N–H and O–H groups in total. The summed E-state index contributed by atoms with van der Waals surface area (Å²) in [7, 11) is 1.80. The molecule has 0 radical (unpaired) electrons. The molecule has 1 atom stereocenters. The minimum Gasteiger partial charge on any atom is -0.386 e. The third kappa shape index (κ3) is 2.40. The second-order valence-electron chi connectivity index (χ2n) is 3.43. The van der Waals surface area contributed by atoms with Crippen LogP contribution in [0.2, 0.25) is 0 Å². The molecule has 0 saturated heterocycles. The first-order chi connectivity index (χ1) is 7.15. The number of hydrogen-bond donors (Lipinski definition) is 1. The van der Waals surface area contributed by atoms with Crippen LogP contribution in [-0.4, -0.2) is 25.1 Å². The molecular weight excluding hydrogens is 212 g/mol. The monoisotopic (exact) mass is 224 g/mol. The van der Waals surface area contributed by atoms with Crippen LogP contribution >= 0.6 is 11.3 Å². The van der Waals surface area contributed by atoms with Gasteiger partial charge in [-0.15, -0.1) is 16.4 Å². The summed E-state index contributed by atoms with van der Waals surface area (Å²) in [4.78, 5) is 4.23. The molecule has 0 fully saturated rings. The van der Waals surface area contributed by atoms with Gasteiger partial charge in [-0.3, -0.25) is 4.68 Å². The van der Waals surface area contributed by atoms with Crippen molar-refractivity contribution in [1.82, 2.24) is 20.0 Å². The van der Waals surface area contributed by atoms with E-state index in [4.69, 9.17) is 0 Å². The van der Waals surface area contributed by atoms with E-state index in [1.165, 1.54) is 11.3 Å². The Hall–Kier alpha value is -1.27. The zero-order valence-corrected chi connectivity index (χ0v) is 9.40. The van der Waals surface area contributed by atoms with Crippen molar-refractivity contribution in [2.24, 2.45) is 7.05 Å². The van der Waals surface area contributed by atoms with Crippen molar-refractivity contribution < 1.29 is 5.11 Å². The maximum Gasteiger partial charge on any atom is 0.122 e. The van der Waals surface area contributed by atoms with Gasteiger partial charge in [-0.1, -0.05) is 5.21 Å². The SMILES string of the molecule is Cc1csc(C(O)Cc2cn(C)nn2)n1. The summed E-state index contributed by atoms with van der Waals surface area (Å²) < 4.78 is 1.62. The van der Waals surface area contributed by atoms with Crippen LogP contribution in [0.25, 0.3) is 0 Å². The molecule has 0 amide bonds. The van der Waals surface area contributed by atoms with Crippen LogP contribution in [0.15, 0.2) is 11.6 Å². The summed E-state index contributed by atoms with van der Waals surface area (Å²) in [6.45, 7) is 1.91. The topological polar surface area (TPSA) is 63.8 Å². The van der Waals surface area contributed by atoms with Crippen LogP contribution in [0.4, 0.5) is 0 Å². The van der Waals surface area contributed by atoms with E-state index in [1.54, 1.807) is 17.9 Å². The van der Waals surface area contributed by atoms with E-state index in [2.05, 4.69) is 15.3 Å². The van der Waals surface area contributed by atoms with E-state index in [-0.39, 0.29) is 0 Å². The molecule has 0 aliphatic rings. The van der Waals surface area contributed by atoms with Gasteiger partial charge in [0.15, 0.2) is 0 Å². The highest BCUT2D eigenvalue weighted by Gasteiger charge is 2.13. The lowest BCUT2D eigenvalue weighted by Crippen LogP contribution is -2.01. The van der Waals surface area contributed by atoms with Gasteiger partial charge < -0.3 is 5.11 Å². The number of thiazole rings is 1. The second-order valence-corrected chi connectivity index (χ2v) is 4.32. The van der Waals surface area contributed by atoms with Crippen LogP contribution < -0.4 is 0 Å². The van der Waals surface area contributed by atoms with Crippen molar-refractivity contribution in [3.8, 4) is 0 Å². The standard InChI is InChI=1S/C9H12N4OS/c1-6-5-15-9(10-6)8(14)3-7-4-13(2)12-11-7/h4-5,8,14H,3H2,1-2H3. The molecule has 0 spiro atoms. The molecule has 0 aliphatic carbocycles. The lowest BCUT2D eigenvalue weighted by Gasteiger charge is -2.03. The second kappa shape index (κ2) is 4.08. The van der Waals surface area contributed by atoms with Crippen LogP contribution in [0.1, 0.15) is 22.5 Å². The largest absolute Gasteiger partial charge is 0.386 e. The lowest BCUT2D eigenvalue weighted by atomic mass is 10.2. The number of nitrogens with zero attached hydrogens (tertiary/aromatic N) is 4. The zero-order valence-electron chi connectivity index (χ0n) is 8.58. The third-order valence-electron chi connectivity index (χ3n) is 1.97. The summed E-state index contributed by atoms with van der Waals surface area (Å²) in [6, 6.07) is 0. The van der Waals surface area contributed by atoms with Crippen molar-refractivity contribution >= 4 is 11.3 Å². The molecule has 0 aliphatic heterocycles. The minimum absolute atomic E-state index is 0.459. The van der Waals surface area contributed by atoms with Crippen LogP contribution in [0, 0.1) is 6.92 Å². The predicted molar refractivity (Wildman–Crippen MR) is 56.5 cm³/mol. The van der Waals surface area contributed by atoms with Crippen LogP contribution in [0.5, 0.6) is 0 Å². The first-order valence-electron chi connectivity index (χ1n) is 4.60. The van der Waals surface area contributed by atoms with Gasteiger partial charge in [0.1, 0.15) is 11.1 Å². The molecule has 2 aromatic rings. The fraction of sp³-hybridized carbons (Fsp3) is 0.444. The first kappa shape index (κ1) is 10.3. The van der Waals surface area contributed by atoms with E-state index in [1.807, 2.05) is 12.3 Å². The minimum atomic E-state index is -0.583. The number of aryl methyl sites for hydroxylation is 2. The Kier molecular flexibility index (Phi) is 2.79. The van der Waals surface area contributed by atoms with Gasteiger partial charge in [-0.2, -0.15) is 0 Å². The van der Waals surface area contributed by atoms with Crippen LogP contribution in [0.3, 0.4) is 0 Å². The fourth-order valence-electron chi connectivity index (χ4n) is 1.30. The van der Waals surface area contributed by atoms with Gasteiger partial charge in [0.05, 0.1) is 5.69 Å². The van der Waals surface area contributed by atoms with E-state index < -0.39 is 6.10 Å². The average molecular weight is 224 g/mol. The Morgan fingerprint density at radius 3 is 2.93 bits per heavy atom. The Bertz CT molecular complexity index is 450. The van der Waals surface area contributed by atoms with Gasteiger partial charge in [0.25, 0.3) is 0 Å². The molecule has 5 nitrogen and oxygen atoms in total. The molecule has 15 heavy (non-hydrogen) atoms.